The van der Waals surface area contributed by atoms with Crippen molar-refractivity contribution in [2.45, 2.75) is 70.1 Å². The lowest BCUT2D eigenvalue weighted by Gasteiger charge is -2.37. The minimum atomic E-state index is -0.317. The van der Waals surface area contributed by atoms with Crippen molar-refractivity contribution in [1.29, 1.82) is 0 Å². The Hall–Kier alpha value is -2.54. The van der Waals surface area contributed by atoms with Gasteiger partial charge in [0.05, 0.1) is 31.1 Å². The molecule has 1 amide bonds. The first-order valence-corrected chi connectivity index (χ1v) is 11.5. The molecule has 2 fully saturated rings. The van der Waals surface area contributed by atoms with Crippen LogP contribution in [0.2, 0.25) is 0 Å². The number of benzene rings is 1. The number of methoxy groups -OCH3 is 1. The quantitative estimate of drug-likeness (QED) is 0.708. The molecule has 1 aliphatic carbocycles. The normalized spacial score (nSPS) is 22.0. The highest BCUT2D eigenvalue weighted by atomic mass is 16.5. The van der Waals surface area contributed by atoms with E-state index in [-0.39, 0.29) is 18.2 Å². The Morgan fingerprint density at radius 2 is 1.97 bits per heavy atom. The average Bonchev–Trinajstić information content (AvgIpc) is 3.26. The van der Waals surface area contributed by atoms with Crippen LogP contribution in [0.1, 0.15) is 57.1 Å². The molecule has 2 aliphatic heterocycles. The SMILES string of the molecule is COC(=O)N1c2ccc(-c3cnn(C4CCOCC4)c3)c(OC3CCC3)c2CCC1C. The highest BCUT2D eigenvalue weighted by Gasteiger charge is 2.33. The number of hydrogen-bond acceptors (Lipinski definition) is 5. The molecular weight excluding hydrogens is 394 g/mol. The summed E-state index contributed by atoms with van der Waals surface area (Å²) in [7, 11) is 1.44. The summed E-state index contributed by atoms with van der Waals surface area (Å²) in [4.78, 5) is 14.3. The van der Waals surface area contributed by atoms with E-state index in [9.17, 15) is 4.79 Å². The maximum atomic E-state index is 12.5. The van der Waals surface area contributed by atoms with E-state index in [2.05, 4.69) is 29.0 Å². The lowest BCUT2D eigenvalue weighted by molar-refractivity contribution is 0.0662. The van der Waals surface area contributed by atoms with Crippen molar-refractivity contribution < 1.29 is 19.0 Å². The average molecular weight is 426 g/mol. The van der Waals surface area contributed by atoms with Crippen molar-refractivity contribution in [3.63, 3.8) is 0 Å². The first-order chi connectivity index (χ1) is 15.2. The summed E-state index contributed by atoms with van der Waals surface area (Å²) in [5.41, 5.74) is 4.13. The number of hydrogen-bond donors (Lipinski definition) is 0. The van der Waals surface area contributed by atoms with Crippen molar-refractivity contribution in [3.05, 3.63) is 30.1 Å². The minimum Gasteiger partial charge on any atom is -0.489 e. The van der Waals surface area contributed by atoms with E-state index >= 15 is 0 Å². The van der Waals surface area contributed by atoms with Crippen molar-refractivity contribution in [1.82, 2.24) is 9.78 Å². The molecule has 3 heterocycles. The molecule has 166 valence electrons. The van der Waals surface area contributed by atoms with Crippen LogP contribution in [0.4, 0.5) is 10.5 Å². The second-order valence-electron chi connectivity index (χ2n) is 8.89. The topological polar surface area (TPSA) is 65.8 Å². The Bertz CT molecular complexity index is 946. The van der Waals surface area contributed by atoms with Crippen molar-refractivity contribution in [3.8, 4) is 16.9 Å². The Morgan fingerprint density at radius 1 is 1.16 bits per heavy atom. The second kappa shape index (κ2) is 8.54. The van der Waals surface area contributed by atoms with E-state index in [1.54, 1.807) is 4.90 Å². The van der Waals surface area contributed by atoms with Crippen LogP contribution in [0.3, 0.4) is 0 Å². The van der Waals surface area contributed by atoms with Gasteiger partial charge < -0.3 is 14.2 Å². The van der Waals surface area contributed by atoms with Gasteiger partial charge in [0.2, 0.25) is 0 Å². The van der Waals surface area contributed by atoms with Gasteiger partial charge in [0, 0.05) is 42.1 Å². The van der Waals surface area contributed by atoms with Gasteiger partial charge >= 0.3 is 6.09 Å². The molecule has 0 N–H and O–H groups in total. The number of nitrogens with zero attached hydrogens (tertiary/aromatic N) is 3. The van der Waals surface area contributed by atoms with Crippen LogP contribution in [-0.4, -0.2) is 48.3 Å². The summed E-state index contributed by atoms with van der Waals surface area (Å²) in [5.74, 6) is 0.912. The number of carbonyl (C=O) groups is 1. The first-order valence-electron chi connectivity index (χ1n) is 11.5. The van der Waals surface area contributed by atoms with Gasteiger partial charge in [-0.25, -0.2) is 4.79 Å². The fourth-order valence-corrected chi connectivity index (χ4v) is 4.82. The molecule has 1 aromatic carbocycles. The number of carbonyl (C=O) groups excluding carboxylic acids is 1. The summed E-state index contributed by atoms with van der Waals surface area (Å²) in [5, 5.41) is 4.67. The van der Waals surface area contributed by atoms with Gasteiger partial charge in [-0.15, -0.1) is 0 Å². The van der Waals surface area contributed by atoms with E-state index in [1.165, 1.54) is 13.5 Å². The molecule has 3 aliphatic rings. The zero-order valence-electron chi connectivity index (χ0n) is 18.4. The van der Waals surface area contributed by atoms with Crippen LogP contribution in [0.25, 0.3) is 11.1 Å². The molecule has 2 aromatic rings. The fraction of sp³-hybridized carbons (Fsp3) is 0.583. The van der Waals surface area contributed by atoms with Crippen molar-refractivity contribution in [2.75, 3.05) is 25.2 Å². The number of amides is 1. The van der Waals surface area contributed by atoms with Crippen LogP contribution in [0.15, 0.2) is 24.5 Å². The van der Waals surface area contributed by atoms with Gasteiger partial charge in [0.1, 0.15) is 5.75 Å². The van der Waals surface area contributed by atoms with E-state index in [0.717, 1.165) is 79.9 Å². The lowest BCUT2D eigenvalue weighted by atomic mass is 9.91. The van der Waals surface area contributed by atoms with Gasteiger partial charge in [0.15, 0.2) is 0 Å². The molecule has 1 saturated heterocycles. The Morgan fingerprint density at radius 3 is 2.68 bits per heavy atom. The second-order valence-corrected chi connectivity index (χ2v) is 8.89. The smallest absolute Gasteiger partial charge is 0.414 e. The van der Waals surface area contributed by atoms with Crippen LogP contribution >= 0.6 is 0 Å². The molecule has 5 rings (SSSR count). The van der Waals surface area contributed by atoms with E-state index < -0.39 is 0 Å². The highest BCUT2D eigenvalue weighted by molar-refractivity contribution is 5.92. The molecule has 7 heteroatoms. The summed E-state index contributed by atoms with van der Waals surface area (Å²) in [6.45, 7) is 3.64. The van der Waals surface area contributed by atoms with Gasteiger partial charge in [-0.1, -0.05) is 0 Å². The maximum absolute atomic E-state index is 12.5. The Labute approximate surface area is 183 Å². The fourth-order valence-electron chi connectivity index (χ4n) is 4.82. The van der Waals surface area contributed by atoms with Gasteiger partial charge in [-0.2, -0.15) is 5.10 Å². The molecule has 0 spiro atoms. The molecule has 1 unspecified atom stereocenters. The number of rotatable bonds is 4. The van der Waals surface area contributed by atoms with E-state index in [1.807, 2.05) is 12.3 Å². The number of anilines is 1. The minimum absolute atomic E-state index is 0.0959. The zero-order valence-corrected chi connectivity index (χ0v) is 18.4. The van der Waals surface area contributed by atoms with Gasteiger partial charge in [-0.05, 0) is 64.0 Å². The van der Waals surface area contributed by atoms with Crippen molar-refractivity contribution >= 4 is 11.8 Å². The van der Waals surface area contributed by atoms with Crippen LogP contribution < -0.4 is 9.64 Å². The van der Waals surface area contributed by atoms with Gasteiger partial charge in [-0.3, -0.25) is 9.58 Å². The third-order valence-electron chi connectivity index (χ3n) is 6.93. The number of ether oxygens (including phenoxy) is 3. The Kier molecular flexibility index (Phi) is 5.61. The standard InChI is InChI=1S/C24H31N3O4/c1-16-6-7-21-22(27(16)24(28)29-2)9-8-20(23(21)31-19-4-3-5-19)17-14-25-26(15-17)18-10-12-30-13-11-18/h8-9,14-16,18-19H,3-7,10-13H2,1-2H3. The molecule has 1 saturated carbocycles. The molecule has 1 aromatic heterocycles. The van der Waals surface area contributed by atoms with Crippen LogP contribution in [-0.2, 0) is 15.9 Å². The lowest BCUT2D eigenvalue weighted by Crippen LogP contribution is -2.42. The largest absolute Gasteiger partial charge is 0.489 e. The number of fused-ring (bicyclic) bond motifs is 1. The third-order valence-corrected chi connectivity index (χ3v) is 6.93. The predicted octanol–water partition coefficient (Wildman–Crippen LogP) is 4.74. The van der Waals surface area contributed by atoms with Crippen LogP contribution in [0.5, 0.6) is 5.75 Å². The molecule has 0 bridgehead atoms. The highest BCUT2D eigenvalue weighted by Crippen LogP contribution is 2.44. The maximum Gasteiger partial charge on any atom is 0.414 e. The Balaban J connectivity index is 1.54. The summed E-state index contributed by atoms with van der Waals surface area (Å²) in [6, 6.07) is 4.59. The monoisotopic (exact) mass is 425 g/mol. The van der Waals surface area contributed by atoms with Crippen molar-refractivity contribution in [2.24, 2.45) is 0 Å². The summed E-state index contributed by atoms with van der Waals surface area (Å²) < 4.78 is 19.2. The van der Waals surface area contributed by atoms with Crippen LogP contribution in [0, 0.1) is 0 Å². The molecular formula is C24H31N3O4. The molecule has 31 heavy (non-hydrogen) atoms. The van der Waals surface area contributed by atoms with E-state index in [0.29, 0.717) is 6.04 Å². The number of aromatic nitrogens is 2. The predicted molar refractivity (Wildman–Crippen MR) is 118 cm³/mol. The summed E-state index contributed by atoms with van der Waals surface area (Å²) >= 11 is 0. The third kappa shape index (κ3) is 3.80. The van der Waals surface area contributed by atoms with Gasteiger partial charge in [0.25, 0.3) is 0 Å². The molecule has 0 radical (unpaired) electrons. The van der Waals surface area contributed by atoms with E-state index in [4.69, 9.17) is 14.2 Å². The molecule has 7 nitrogen and oxygen atoms in total. The molecule has 1 atom stereocenters. The summed E-state index contributed by atoms with van der Waals surface area (Å²) in [6.07, 6.45) is 11.1. The zero-order chi connectivity index (χ0) is 21.4. The first kappa shape index (κ1) is 20.4.